The maximum Gasteiger partial charge on any atom is 0.287 e. The molecular formula is C17H17NO4. The average Bonchev–Trinajstić information content (AvgIpc) is 2.91. The molecule has 114 valence electrons. The number of ketones is 1. The molecule has 0 bridgehead atoms. The van der Waals surface area contributed by atoms with E-state index in [0.29, 0.717) is 11.3 Å². The molecule has 1 aliphatic heterocycles. The Bertz CT molecular complexity index is 732. The lowest BCUT2D eigenvalue weighted by Gasteiger charge is -2.24. The molecule has 0 saturated carbocycles. The van der Waals surface area contributed by atoms with Gasteiger partial charge in [-0.1, -0.05) is 19.1 Å². The topological polar surface area (TPSA) is 68.5 Å². The van der Waals surface area contributed by atoms with Crippen LogP contribution in [0.5, 0.6) is 5.75 Å². The zero-order chi connectivity index (χ0) is 15.7. The molecule has 0 radical (unpaired) electrons. The van der Waals surface area contributed by atoms with Gasteiger partial charge in [-0.2, -0.15) is 0 Å². The zero-order valence-corrected chi connectivity index (χ0v) is 12.5. The summed E-state index contributed by atoms with van der Waals surface area (Å²) < 4.78 is 11.0. The summed E-state index contributed by atoms with van der Waals surface area (Å²) >= 11 is 0. The van der Waals surface area contributed by atoms with Crippen LogP contribution in [0.1, 0.15) is 39.2 Å². The molecule has 1 amide bonds. The number of ether oxygens (including phenoxy) is 1. The number of furan rings is 1. The molecule has 5 nitrogen and oxygen atoms in total. The molecule has 0 fully saturated rings. The average molecular weight is 299 g/mol. The van der Waals surface area contributed by atoms with Crippen LogP contribution in [0, 0.1) is 6.92 Å². The van der Waals surface area contributed by atoms with Gasteiger partial charge in [0, 0.05) is 6.42 Å². The maximum absolute atomic E-state index is 12.4. The van der Waals surface area contributed by atoms with Crippen molar-refractivity contribution < 1.29 is 18.7 Å². The molecule has 1 aromatic carbocycles. The molecule has 1 N–H and O–H groups in total. The van der Waals surface area contributed by atoms with Crippen LogP contribution < -0.4 is 10.1 Å². The Kier molecular flexibility index (Phi) is 3.71. The molecular weight excluding hydrogens is 282 g/mol. The quantitative estimate of drug-likeness (QED) is 0.945. The fraction of sp³-hybridized carbons (Fsp3) is 0.294. The van der Waals surface area contributed by atoms with Gasteiger partial charge in [0.25, 0.3) is 5.91 Å². The van der Waals surface area contributed by atoms with E-state index >= 15 is 0 Å². The first-order valence-electron chi connectivity index (χ1n) is 7.26. The molecule has 0 aliphatic carbocycles. The highest BCUT2D eigenvalue weighted by Crippen LogP contribution is 2.24. The summed E-state index contributed by atoms with van der Waals surface area (Å²) in [7, 11) is 0. The molecule has 22 heavy (non-hydrogen) atoms. The summed E-state index contributed by atoms with van der Waals surface area (Å²) in [6, 6.07) is 8.02. The van der Waals surface area contributed by atoms with Gasteiger partial charge in [0.1, 0.15) is 24.2 Å². The minimum Gasteiger partial charge on any atom is -0.490 e. The number of Topliss-reactive ketones (excluding diaryl/α,β-unsaturated/α-hetero) is 1. The molecule has 1 aliphatic rings. The van der Waals surface area contributed by atoms with Gasteiger partial charge in [-0.05, 0) is 30.7 Å². The van der Waals surface area contributed by atoms with Crippen molar-refractivity contribution in [1.29, 1.82) is 0 Å². The third kappa shape index (κ3) is 2.50. The molecule has 5 heteroatoms. The molecule has 0 unspecified atom stereocenters. The second kappa shape index (κ2) is 5.67. The third-order valence-corrected chi connectivity index (χ3v) is 3.75. The van der Waals surface area contributed by atoms with Gasteiger partial charge in [-0.3, -0.25) is 9.59 Å². The smallest absolute Gasteiger partial charge is 0.287 e. The summed E-state index contributed by atoms with van der Waals surface area (Å²) in [6.07, 6.45) is 0.720. The van der Waals surface area contributed by atoms with Crippen LogP contribution in [-0.2, 0) is 6.42 Å². The molecule has 0 saturated heterocycles. The van der Waals surface area contributed by atoms with Gasteiger partial charge in [-0.15, -0.1) is 0 Å². The minimum atomic E-state index is -0.696. The SMILES string of the molecule is CCc1oc(C(=O)N[C@H]2COc3ccccc3C2=O)cc1C. The van der Waals surface area contributed by atoms with E-state index < -0.39 is 11.9 Å². The van der Waals surface area contributed by atoms with Crippen molar-refractivity contribution in [2.75, 3.05) is 6.61 Å². The van der Waals surface area contributed by atoms with Crippen molar-refractivity contribution in [3.8, 4) is 5.75 Å². The maximum atomic E-state index is 12.4. The predicted octanol–water partition coefficient (Wildman–Crippen LogP) is 2.52. The number of aryl methyl sites for hydroxylation is 2. The summed E-state index contributed by atoms with van der Waals surface area (Å²) in [4.78, 5) is 24.6. The molecule has 2 heterocycles. The summed E-state index contributed by atoms with van der Waals surface area (Å²) in [5.74, 6) is 1.01. The van der Waals surface area contributed by atoms with Crippen molar-refractivity contribution in [2.24, 2.45) is 0 Å². The zero-order valence-electron chi connectivity index (χ0n) is 12.5. The number of fused-ring (bicyclic) bond motifs is 1. The second-order valence-electron chi connectivity index (χ2n) is 5.27. The third-order valence-electron chi connectivity index (χ3n) is 3.75. The Morgan fingerprint density at radius 1 is 1.36 bits per heavy atom. The van der Waals surface area contributed by atoms with Crippen LogP contribution in [-0.4, -0.2) is 24.3 Å². The van der Waals surface area contributed by atoms with E-state index in [1.807, 2.05) is 19.9 Å². The Morgan fingerprint density at radius 3 is 2.86 bits per heavy atom. The predicted molar refractivity (Wildman–Crippen MR) is 80.3 cm³/mol. The lowest BCUT2D eigenvalue weighted by molar-refractivity contribution is 0.0782. The normalized spacial score (nSPS) is 16.8. The highest BCUT2D eigenvalue weighted by atomic mass is 16.5. The highest BCUT2D eigenvalue weighted by molar-refractivity contribution is 6.06. The Morgan fingerprint density at radius 2 is 2.14 bits per heavy atom. The van der Waals surface area contributed by atoms with Crippen LogP contribution in [0.3, 0.4) is 0 Å². The van der Waals surface area contributed by atoms with Crippen LogP contribution in [0.25, 0.3) is 0 Å². The number of hydrogen-bond acceptors (Lipinski definition) is 4. The number of benzene rings is 1. The fourth-order valence-electron chi connectivity index (χ4n) is 2.55. The number of carbonyl (C=O) groups excluding carboxylic acids is 2. The fourth-order valence-corrected chi connectivity index (χ4v) is 2.55. The number of nitrogens with one attached hydrogen (secondary N) is 1. The molecule has 3 rings (SSSR count). The van der Waals surface area contributed by atoms with Crippen LogP contribution in [0.4, 0.5) is 0 Å². The van der Waals surface area contributed by atoms with E-state index in [-0.39, 0.29) is 18.2 Å². The lowest BCUT2D eigenvalue weighted by atomic mass is 10.0. The van der Waals surface area contributed by atoms with Gasteiger partial charge in [0.2, 0.25) is 0 Å². The van der Waals surface area contributed by atoms with Crippen LogP contribution in [0.15, 0.2) is 34.7 Å². The van der Waals surface area contributed by atoms with Crippen molar-refractivity contribution in [3.05, 3.63) is 53.0 Å². The molecule has 2 aromatic rings. The monoisotopic (exact) mass is 299 g/mol. The minimum absolute atomic E-state index is 0.127. The Labute approximate surface area is 128 Å². The van der Waals surface area contributed by atoms with Gasteiger partial charge in [0.05, 0.1) is 5.56 Å². The number of para-hydroxylation sites is 1. The number of carbonyl (C=O) groups is 2. The van der Waals surface area contributed by atoms with Gasteiger partial charge in [-0.25, -0.2) is 0 Å². The van der Waals surface area contributed by atoms with E-state index in [2.05, 4.69) is 5.32 Å². The van der Waals surface area contributed by atoms with Crippen LogP contribution >= 0.6 is 0 Å². The van der Waals surface area contributed by atoms with Crippen molar-refractivity contribution in [2.45, 2.75) is 26.3 Å². The van der Waals surface area contributed by atoms with Crippen molar-refractivity contribution in [1.82, 2.24) is 5.32 Å². The van der Waals surface area contributed by atoms with Gasteiger partial charge in [0.15, 0.2) is 11.5 Å². The van der Waals surface area contributed by atoms with E-state index in [1.165, 1.54) is 0 Å². The second-order valence-corrected chi connectivity index (χ2v) is 5.27. The van der Waals surface area contributed by atoms with E-state index in [1.54, 1.807) is 24.3 Å². The first-order valence-corrected chi connectivity index (χ1v) is 7.26. The standard InChI is InChI=1S/C17H17NO4/c1-3-13-10(2)8-15(22-13)17(20)18-12-9-21-14-7-5-4-6-11(14)16(12)19/h4-8,12H,3,9H2,1-2H3,(H,18,20)/t12-/m0/s1. The lowest BCUT2D eigenvalue weighted by Crippen LogP contribution is -2.47. The van der Waals surface area contributed by atoms with Crippen molar-refractivity contribution >= 4 is 11.7 Å². The first-order chi connectivity index (χ1) is 10.6. The summed E-state index contributed by atoms with van der Waals surface area (Å²) in [5.41, 5.74) is 1.42. The first kappa shape index (κ1) is 14.4. The van der Waals surface area contributed by atoms with E-state index in [9.17, 15) is 9.59 Å². The molecule has 0 spiro atoms. The molecule has 1 atom stereocenters. The summed E-state index contributed by atoms with van der Waals surface area (Å²) in [5, 5.41) is 2.68. The van der Waals surface area contributed by atoms with E-state index in [0.717, 1.165) is 17.7 Å². The van der Waals surface area contributed by atoms with E-state index in [4.69, 9.17) is 9.15 Å². The van der Waals surface area contributed by atoms with Gasteiger partial charge < -0.3 is 14.5 Å². The molecule has 1 aromatic heterocycles. The Hall–Kier alpha value is -2.56. The Balaban J connectivity index is 1.76. The summed E-state index contributed by atoms with van der Waals surface area (Å²) in [6.45, 7) is 3.98. The van der Waals surface area contributed by atoms with Gasteiger partial charge >= 0.3 is 0 Å². The largest absolute Gasteiger partial charge is 0.490 e. The number of rotatable bonds is 3. The number of hydrogen-bond donors (Lipinski definition) is 1. The highest BCUT2D eigenvalue weighted by Gasteiger charge is 2.30. The number of amides is 1. The van der Waals surface area contributed by atoms with Crippen LogP contribution in [0.2, 0.25) is 0 Å². The van der Waals surface area contributed by atoms with Crippen molar-refractivity contribution in [3.63, 3.8) is 0 Å².